The zero-order valence-electron chi connectivity index (χ0n) is 12.2. The monoisotopic (exact) mass is 364 g/mol. The second kappa shape index (κ2) is 5.51. The first-order valence-electron chi connectivity index (χ1n) is 7.13. The van der Waals surface area contributed by atoms with Crippen molar-refractivity contribution in [3.05, 3.63) is 32.8 Å². The summed E-state index contributed by atoms with van der Waals surface area (Å²) in [5.74, 6) is -1.45. The number of likely N-dealkylation sites (tertiary alicyclic amines) is 1. The van der Waals surface area contributed by atoms with E-state index in [1.54, 1.807) is 0 Å². The zero-order valence-corrected chi connectivity index (χ0v) is 13.0. The molecule has 1 aromatic rings. The molecule has 0 unspecified atom stereocenters. The van der Waals surface area contributed by atoms with E-state index in [1.807, 2.05) is 0 Å². The molecule has 0 bridgehead atoms. The molecule has 0 N–H and O–H groups in total. The van der Waals surface area contributed by atoms with Crippen LogP contribution in [0.4, 0.5) is 18.9 Å². The Kier molecular flexibility index (Phi) is 3.86. The summed E-state index contributed by atoms with van der Waals surface area (Å²) in [6.45, 7) is -0.162. The van der Waals surface area contributed by atoms with E-state index in [4.69, 9.17) is 16.3 Å². The number of hydrogen-bond donors (Lipinski definition) is 0. The molecular formula is C14H12ClF3N2O4. The summed E-state index contributed by atoms with van der Waals surface area (Å²) in [5.41, 5.74) is -0.383. The molecule has 24 heavy (non-hydrogen) atoms. The Hall–Kier alpha value is -2.03. The Balaban J connectivity index is 1.75. The summed E-state index contributed by atoms with van der Waals surface area (Å²) < 4.78 is 43.3. The number of ether oxygens (including phenoxy) is 1. The van der Waals surface area contributed by atoms with Gasteiger partial charge in [0.1, 0.15) is 16.4 Å². The Morgan fingerprint density at radius 2 is 1.96 bits per heavy atom. The fourth-order valence-corrected chi connectivity index (χ4v) is 3.37. The summed E-state index contributed by atoms with van der Waals surface area (Å²) in [7, 11) is 0. The van der Waals surface area contributed by atoms with Gasteiger partial charge in [0.2, 0.25) is 0 Å². The van der Waals surface area contributed by atoms with E-state index >= 15 is 0 Å². The van der Waals surface area contributed by atoms with Gasteiger partial charge in [-0.2, -0.15) is 13.2 Å². The van der Waals surface area contributed by atoms with Gasteiger partial charge in [-0.3, -0.25) is 14.9 Å². The topological polar surface area (TPSA) is 72.7 Å². The van der Waals surface area contributed by atoms with Gasteiger partial charge >= 0.3 is 12.1 Å². The SMILES string of the molecule is O=C(N1CCC2(CC1)Cc1cc([N+](=O)[O-])c(Cl)cc1O2)C(F)(F)F. The Morgan fingerprint density at radius 1 is 1.33 bits per heavy atom. The molecule has 2 aliphatic rings. The van der Waals surface area contributed by atoms with Crippen molar-refractivity contribution in [3.63, 3.8) is 0 Å². The number of hydrogen-bond acceptors (Lipinski definition) is 4. The van der Waals surface area contributed by atoms with Gasteiger partial charge in [0.25, 0.3) is 5.69 Å². The number of fused-ring (bicyclic) bond motifs is 1. The van der Waals surface area contributed by atoms with Crippen molar-refractivity contribution < 1.29 is 27.6 Å². The van der Waals surface area contributed by atoms with Gasteiger partial charge in [0.15, 0.2) is 0 Å². The highest BCUT2D eigenvalue weighted by Crippen LogP contribution is 2.44. The van der Waals surface area contributed by atoms with Crippen LogP contribution in [0, 0.1) is 10.1 Å². The third kappa shape index (κ3) is 2.88. The van der Waals surface area contributed by atoms with Crippen molar-refractivity contribution in [2.75, 3.05) is 13.1 Å². The molecular weight excluding hydrogens is 353 g/mol. The lowest BCUT2D eigenvalue weighted by atomic mass is 9.87. The molecule has 6 nitrogen and oxygen atoms in total. The second-order valence-electron chi connectivity index (χ2n) is 5.92. The van der Waals surface area contributed by atoms with E-state index in [2.05, 4.69) is 0 Å². The van der Waals surface area contributed by atoms with Crippen LogP contribution in [0.1, 0.15) is 18.4 Å². The van der Waals surface area contributed by atoms with Crippen LogP contribution in [-0.4, -0.2) is 40.6 Å². The minimum Gasteiger partial charge on any atom is -0.486 e. The first-order chi connectivity index (χ1) is 11.1. The molecule has 0 saturated carbocycles. The van der Waals surface area contributed by atoms with Crippen molar-refractivity contribution >= 4 is 23.2 Å². The number of piperidine rings is 1. The fraction of sp³-hybridized carbons (Fsp3) is 0.500. The molecule has 2 aliphatic heterocycles. The van der Waals surface area contributed by atoms with Crippen LogP contribution in [-0.2, 0) is 11.2 Å². The van der Waals surface area contributed by atoms with Gasteiger partial charge in [-0.1, -0.05) is 11.6 Å². The van der Waals surface area contributed by atoms with Crippen LogP contribution in [0.25, 0.3) is 0 Å². The van der Waals surface area contributed by atoms with Crippen LogP contribution < -0.4 is 4.74 Å². The van der Waals surface area contributed by atoms with Gasteiger partial charge in [0, 0.05) is 50.0 Å². The van der Waals surface area contributed by atoms with E-state index in [0.717, 1.165) is 4.90 Å². The molecule has 0 radical (unpaired) electrons. The summed E-state index contributed by atoms with van der Waals surface area (Å²) >= 11 is 5.85. The molecule has 1 fully saturated rings. The highest BCUT2D eigenvalue weighted by atomic mass is 35.5. The number of carbonyl (C=O) groups excluding carboxylic acids is 1. The van der Waals surface area contributed by atoms with E-state index in [-0.39, 0.29) is 36.6 Å². The molecule has 130 valence electrons. The minimum absolute atomic E-state index is 0.0551. The number of alkyl halides is 3. The van der Waals surface area contributed by atoms with Crippen LogP contribution in [0.3, 0.4) is 0 Å². The number of carbonyl (C=O) groups is 1. The van der Waals surface area contributed by atoms with Crippen molar-refractivity contribution in [3.8, 4) is 5.75 Å². The lowest BCUT2D eigenvalue weighted by molar-refractivity contribution is -0.384. The fourth-order valence-electron chi connectivity index (χ4n) is 3.15. The molecule has 0 atom stereocenters. The second-order valence-corrected chi connectivity index (χ2v) is 6.33. The number of nitro groups is 1. The molecule has 3 rings (SSSR count). The maximum absolute atomic E-state index is 12.5. The van der Waals surface area contributed by atoms with Gasteiger partial charge in [-0.15, -0.1) is 0 Å². The third-order valence-electron chi connectivity index (χ3n) is 4.37. The van der Waals surface area contributed by atoms with E-state index in [9.17, 15) is 28.1 Å². The highest BCUT2D eigenvalue weighted by Gasteiger charge is 2.48. The lowest BCUT2D eigenvalue weighted by Gasteiger charge is -2.38. The molecule has 2 heterocycles. The normalized spacial score (nSPS) is 19.1. The smallest absolute Gasteiger partial charge is 0.471 e. The van der Waals surface area contributed by atoms with Crippen molar-refractivity contribution in [1.82, 2.24) is 4.90 Å². The molecule has 1 amide bonds. The van der Waals surface area contributed by atoms with E-state index in [0.29, 0.717) is 17.7 Å². The number of amides is 1. The van der Waals surface area contributed by atoms with E-state index < -0.39 is 22.6 Å². The van der Waals surface area contributed by atoms with Crippen molar-refractivity contribution in [2.24, 2.45) is 0 Å². The van der Waals surface area contributed by atoms with Crippen LogP contribution in [0.2, 0.25) is 5.02 Å². The summed E-state index contributed by atoms with van der Waals surface area (Å²) in [6, 6.07) is 2.69. The van der Waals surface area contributed by atoms with Gasteiger partial charge in [0.05, 0.1) is 4.92 Å². The van der Waals surface area contributed by atoms with Crippen LogP contribution >= 0.6 is 11.6 Å². The maximum atomic E-state index is 12.5. The van der Waals surface area contributed by atoms with Crippen molar-refractivity contribution in [1.29, 1.82) is 0 Å². The highest BCUT2D eigenvalue weighted by molar-refractivity contribution is 6.32. The van der Waals surface area contributed by atoms with Crippen LogP contribution in [0.5, 0.6) is 5.75 Å². The maximum Gasteiger partial charge on any atom is 0.471 e. The molecule has 1 spiro atoms. The first kappa shape index (κ1) is 16.8. The Morgan fingerprint density at radius 3 is 2.50 bits per heavy atom. The number of rotatable bonds is 1. The standard InChI is InChI=1S/C14H12ClF3N2O4/c15-9-6-11-8(5-10(9)20(22)23)7-13(24-11)1-3-19(4-2-13)12(21)14(16,17)18/h5-6H,1-4,7H2. The molecule has 1 aromatic carbocycles. The third-order valence-corrected chi connectivity index (χ3v) is 4.67. The molecule has 10 heteroatoms. The summed E-state index contributed by atoms with van der Waals surface area (Å²) in [5, 5.41) is 10.9. The largest absolute Gasteiger partial charge is 0.486 e. The van der Waals surface area contributed by atoms with Gasteiger partial charge < -0.3 is 9.64 Å². The number of nitrogens with zero attached hydrogens (tertiary/aromatic N) is 2. The predicted octanol–water partition coefficient (Wildman–Crippen LogP) is 3.11. The first-order valence-corrected chi connectivity index (χ1v) is 7.51. The van der Waals surface area contributed by atoms with Gasteiger partial charge in [-0.25, -0.2) is 0 Å². The number of benzene rings is 1. The molecule has 0 aromatic heterocycles. The average Bonchev–Trinajstić information content (AvgIpc) is 2.82. The molecule has 1 saturated heterocycles. The zero-order chi connectivity index (χ0) is 17.7. The van der Waals surface area contributed by atoms with Gasteiger partial charge in [-0.05, 0) is 0 Å². The summed E-state index contributed by atoms with van der Waals surface area (Å²) in [4.78, 5) is 22.4. The van der Waals surface area contributed by atoms with Crippen molar-refractivity contribution in [2.45, 2.75) is 31.0 Å². The molecule has 0 aliphatic carbocycles. The number of nitro benzene ring substituents is 1. The average molecular weight is 365 g/mol. The lowest BCUT2D eigenvalue weighted by Crippen LogP contribution is -2.52. The Labute approximate surface area is 139 Å². The Bertz CT molecular complexity index is 715. The van der Waals surface area contributed by atoms with E-state index in [1.165, 1.54) is 12.1 Å². The number of halogens is 4. The quantitative estimate of drug-likeness (QED) is 0.567. The predicted molar refractivity (Wildman–Crippen MR) is 77.0 cm³/mol. The minimum atomic E-state index is -4.89. The van der Waals surface area contributed by atoms with Crippen LogP contribution in [0.15, 0.2) is 12.1 Å². The summed E-state index contributed by atoms with van der Waals surface area (Å²) in [6.07, 6.45) is -4.11.